The molecule has 0 aromatic heterocycles. The molecule has 0 spiro atoms. The van der Waals surface area contributed by atoms with Crippen LogP contribution in [0.5, 0.6) is 11.5 Å². The van der Waals surface area contributed by atoms with E-state index in [1.807, 2.05) is 0 Å². The van der Waals surface area contributed by atoms with Gasteiger partial charge in [0.05, 0.1) is 36.2 Å². The smallest absolute Gasteiger partial charge is 0.294 e. The van der Waals surface area contributed by atoms with Gasteiger partial charge in [0.15, 0.2) is 0 Å². The van der Waals surface area contributed by atoms with Crippen LogP contribution in [0.4, 0.5) is 22.7 Å². The summed E-state index contributed by atoms with van der Waals surface area (Å²) < 4.78 is 42.0. The van der Waals surface area contributed by atoms with Crippen LogP contribution in [0.3, 0.4) is 0 Å². The van der Waals surface area contributed by atoms with Gasteiger partial charge in [-0.1, -0.05) is 0 Å². The first kappa shape index (κ1) is 21.1. The summed E-state index contributed by atoms with van der Waals surface area (Å²) in [5, 5.41) is 16.4. The average molecular weight is 426 g/mol. The van der Waals surface area contributed by atoms with Crippen LogP contribution in [0.15, 0.2) is 92.1 Å². The average Bonchev–Trinajstić information content (AvgIpc) is 2.76. The van der Waals surface area contributed by atoms with E-state index in [-0.39, 0.29) is 10.6 Å². The second-order valence-corrected chi connectivity index (χ2v) is 7.34. The van der Waals surface area contributed by atoms with Crippen molar-refractivity contribution in [3.8, 4) is 11.5 Å². The summed E-state index contributed by atoms with van der Waals surface area (Å²) in [4.78, 5) is -0.299. The Kier molecular flexibility index (Phi) is 6.50. The third-order valence-electron chi connectivity index (χ3n) is 3.92. The fourth-order valence-electron chi connectivity index (χ4n) is 2.37. The van der Waals surface area contributed by atoms with Crippen molar-refractivity contribution in [1.29, 1.82) is 0 Å². The maximum atomic E-state index is 11.3. The van der Waals surface area contributed by atoms with Crippen LogP contribution in [0.1, 0.15) is 0 Å². The number of methoxy groups -OCH3 is 2. The SMILES string of the molecule is COc1ccc(N=Nc2ccc(N=Nc3cc(S(=O)(=O)O)ccc3OC)cc2)cc1. The minimum Gasteiger partial charge on any atom is -0.497 e. The molecule has 0 fully saturated rings. The Morgan fingerprint density at radius 1 is 0.700 bits per heavy atom. The lowest BCUT2D eigenvalue weighted by atomic mass is 10.3. The highest BCUT2D eigenvalue weighted by molar-refractivity contribution is 7.85. The van der Waals surface area contributed by atoms with Crippen LogP contribution in [0.25, 0.3) is 0 Å². The van der Waals surface area contributed by atoms with Crippen LogP contribution >= 0.6 is 0 Å². The van der Waals surface area contributed by atoms with E-state index in [1.54, 1.807) is 55.6 Å². The molecule has 0 aliphatic heterocycles. The number of ether oxygens (including phenoxy) is 2. The first-order valence-electron chi connectivity index (χ1n) is 8.62. The van der Waals surface area contributed by atoms with Crippen LogP contribution in [-0.4, -0.2) is 27.2 Å². The molecule has 0 saturated carbocycles. The van der Waals surface area contributed by atoms with E-state index in [0.29, 0.717) is 22.8 Å². The predicted molar refractivity (Wildman–Crippen MR) is 111 cm³/mol. The van der Waals surface area contributed by atoms with Crippen LogP contribution in [-0.2, 0) is 10.1 Å². The number of benzene rings is 3. The normalized spacial score (nSPS) is 11.8. The Morgan fingerprint density at radius 3 is 1.67 bits per heavy atom. The molecule has 154 valence electrons. The first-order chi connectivity index (χ1) is 14.4. The molecule has 0 aliphatic rings. The zero-order valence-electron chi connectivity index (χ0n) is 16.1. The van der Waals surface area contributed by atoms with Gasteiger partial charge in [0, 0.05) is 0 Å². The molecule has 0 saturated heterocycles. The largest absolute Gasteiger partial charge is 0.497 e. The molecule has 9 nitrogen and oxygen atoms in total. The van der Waals surface area contributed by atoms with E-state index in [4.69, 9.17) is 9.47 Å². The summed E-state index contributed by atoms with van der Waals surface area (Å²) in [6.45, 7) is 0. The van der Waals surface area contributed by atoms with Crippen molar-refractivity contribution in [2.45, 2.75) is 4.90 Å². The molecule has 30 heavy (non-hydrogen) atoms. The van der Waals surface area contributed by atoms with E-state index in [0.717, 1.165) is 5.75 Å². The van der Waals surface area contributed by atoms with Crippen molar-refractivity contribution in [1.82, 2.24) is 0 Å². The van der Waals surface area contributed by atoms with Crippen LogP contribution in [0.2, 0.25) is 0 Å². The molecule has 0 atom stereocenters. The molecule has 0 radical (unpaired) electrons. The molecule has 3 aromatic carbocycles. The van der Waals surface area contributed by atoms with Gasteiger partial charge in [0.2, 0.25) is 0 Å². The van der Waals surface area contributed by atoms with Crippen molar-refractivity contribution in [2.75, 3.05) is 14.2 Å². The van der Waals surface area contributed by atoms with E-state index in [1.165, 1.54) is 25.3 Å². The van der Waals surface area contributed by atoms with Crippen molar-refractivity contribution in [3.05, 3.63) is 66.7 Å². The summed E-state index contributed by atoms with van der Waals surface area (Å²) >= 11 is 0. The Balaban J connectivity index is 1.75. The Morgan fingerprint density at radius 2 is 1.20 bits per heavy atom. The molecular formula is C20H18N4O5S. The second-order valence-electron chi connectivity index (χ2n) is 5.92. The molecule has 3 aromatic rings. The summed E-state index contributed by atoms with van der Waals surface area (Å²) in [5.41, 5.74) is 1.98. The Hall–Kier alpha value is -3.63. The zero-order valence-corrected chi connectivity index (χ0v) is 16.9. The fraction of sp³-hybridized carbons (Fsp3) is 0.100. The van der Waals surface area contributed by atoms with Crippen LogP contribution in [0, 0.1) is 0 Å². The molecule has 0 unspecified atom stereocenters. The summed E-state index contributed by atoms with van der Waals surface area (Å²) in [7, 11) is -1.34. The number of rotatable bonds is 7. The standard InChI is InChI=1S/C20H18N4O5S/c1-28-17-9-7-16(8-10-17)22-21-14-3-5-15(6-4-14)23-24-19-13-18(30(25,26)27)11-12-20(19)29-2/h3-13H,1-2H3,(H,25,26,27). The van der Waals surface area contributed by atoms with Gasteiger partial charge >= 0.3 is 0 Å². The molecule has 1 N–H and O–H groups in total. The number of hydrogen-bond acceptors (Lipinski definition) is 8. The second kappa shape index (κ2) is 9.25. The molecule has 3 rings (SSSR count). The van der Waals surface area contributed by atoms with E-state index >= 15 is 0 Å². The van der Waals surface area contributed by atoms with Gasteiger partial charge in [-0.2, -0.15) is 23.8 Å². The lowest BCUT2D eigenvalue weighted by molar-refractivity contribution is 0.415. The number of azo groups is 2. The molecule has 10 heteroatoms. The molecule has 0 amide bonds. The summed E-state index contributed by atoms with van der Waals surface area (Å²) in [6, 6.07) is 17.8. The monoisotopic (exact) mass is 426 g/mol. The summed E-state index contributed by atoms with van der Waals surface area (Å²) in [5.74, 6) is 1.05. The third kappa shape index (κ3) is 5.46. The van der Waals surface area contributed by atoms with Gasteiger partial charge in [-0.05, 0) is 66.7 Å². The topological polar surface area (TPSA) is 122 Å². The van der Waals surface area contributed by atoms with Gasteiger partial charge < -0.3 is 9.47 Å². The minimum absolute atomic E-state index is 0.163. The first-order valence-corrected chi connectivity index (χ1v) is 10.1. The maximum absolute atomic E-state index is 11.3. The molecule has 0 heterocycles. The van der Waals surface area contributed by atoms with E-state index in [9.17, 15) is 13.0 Å². The van der Waals surface area contributed by atoms with E-state index < -0.39 is 10.1 Å². The van der Waals surface area contributed by atoms with E-state index in [2.05, 4.69) is 20.5 Å². The Bertz CT molecular complexity index is 1170. The highest BCUT2D eigenvalue weighted by Gasteiger charge is 2.13. The highest BCUT2D eigenvalue weighted by Crippen LogP contribution is 2.32. The lowest BCUT2D eigenvalue weighted by Crippen LogP contribution is -1.97. The van der Waals surface area contributed by atoms with Crippen molar-refractivity contribution in [2.24, 2.45) is 20.5 Å². The van der Waals surface area contributed by atoms with Crippen molar-refractivity contribution >= 4 is 32.9 Å². The lowest BCUT2D eigenvalue weighted by Gasteiger charge is -2.05. The minimum atomic E-state index is -4.36. The zero-order chi connectivity index (χ0) is 21.6. The third-order valence-corrected chi connectivity index (χ3v) is 4.77. The maximum Gasteiger partial charge on any atom is 0.294 e. The summed E-state index contributed by atoms with van der Waals surface area (Å²) in [6.07, 6.45) is 0. The predicted octanol–water partition coefficient (Wildman–Crippen LogP) is 5.78. The quantitative estimate of drug-likeness (QED) is 0.379. The molecule has 0 aliphatic carbocycles. The van der Waals surface area contributed by atoms with Gasteiger partial charge in [-0.15, -0.1) is 5.11 Å². The van der Waals surface area contributed by atoms with Crippen LogP contribution < -0.4 is 9.47 Å². The highest BCUT2D eigenvalue weighted by atomic mass is 32.2. The van der Waals surface area contributed by atoms with Gasteiger partial charge in [0.25, 0.3) is 10.1 Å². The number of nitrogens with zero attached hydrogens (tertiary/aromatic N) is 4. The van der Waals surface area contributed by atoms with Crippen molar-refractivity contribution in [3.63, 3.8) is 0 Å². The van der Waals surface area contributed by atoms with Gasteiger partial charge in [-0.25, -0.2) is 0 Å². The van der Waals surface area contributed by atoms with Gasteiger partial charge in [-0.3, -0.25) is 4.55 Å². The fourth-order valence-corrected chi connectivity index (χ4v) is 2.87. The molecule has 0 bridgehead atoms. The Labute approximate surface area is 173 Å². The number of hydrogen-bond donors (Lipinski definition) is 1. The van der Waals surface area contributed by atoms with Gasteiger partial charge in [0.1, 0.15) is 17.2 Å². The van der Waals surface area contributed by atoms with Crippen molar-refractivity contribution < 1.29 is 22.4 Å². The molecular weight excluding hydrogens is 408 g/mol.